The third kappa shape index (κ3) is 1.90. The monoisotopic (exact) mass is 219 g/mol. The molecule has 0 radical (unpaired) electrons. The summed E-state index contributed by atoms with van der Waals surface area (Å²) in [5.41, 5.74) is 0.888. The minimum absolute atomic E-state index is 0.0124. The summed E-state index contributed by atoms with van der Waals surface area (Å²) < 4.78 is 5.70. The smallest absolute Gasteiger partial charge is 0.229 e. The number of benzene rings is 1. The van der Waals surface area contributed by atoms with Gasteiger partial charge in [0, 0.05) is 5.92 Å². The van der Waals surface area contributed by atoms with Crippen molar-refractivity contribution in [1.82, 2.24) is 0 Å². The molecule has 1 atom stereocenters. The minimum atomic E-state index is 0.0124. The van der Waals surface area contributed by atoms with Gasteiger partial charge in [-0.3, -0.25) is 4.79 Å². The summed E-state index contributed by atoms with van der Waals surface area (Å²) >= 11 is 0. The molecule has 0 spiro atoms. The van der Waals surface area contributed by atoms with Gasteiger partial charge in [0.25, 0.3) is 0 Å². The van der Waals surface area contributed by atoms with Gasteiger partial charge in [0.1, 0.15) is 11.9 Å². The number of hydrogen-bond donors (Lipinski definition) is 0. The second-order valence-corrected chi connectivity index (χ2v) is 4.50. The number of fused-ring (bicyclic) bond motifs is 1. The molecular formula is C13H17NO2. The number of hydrogen-bond acceptors (Lipinski definition) is 2. The van der Waals surface area contributed by atoms with Gasteiger partial charge < -0.3 is 9.64 Å². The standard InChI is InChI=1S/C13H17NO2/c1-9(2)13(15)14-8-10(3)16-12-7-5-4-6-11(12)14/h4-7,9-10H,8H2,1-3H3. The van der Waals surface area contributed by atoms with E-state index in [1.165, 1.54) is 0 Å². The third-order valence-electron chi connectivity index (χ3n) is 2.68. The van der Waals surface area contributed by atoms with E-state index in [0.29, 0.717) is 6.54 Å². The predicted molar refractivity (Wildman–Crippen MR) is 63.7 cm³/mol. The highest BCUT2D eigenvalue weighted by molar-refractivity contribution is 5.96. The number of anilines is 1. The Morgan fingerprint density at radius 2 is 2.12 bits per heavy atom. The lowest BCUT2D eigenvalue weighted by Gasteiger charge is -2.34. The lowest BCUT2D eigenvalue weighted by atomic mass is 10.1. The normalized spacial score (nSPS) is 19.2. The van der Waals surface area contributed by atoms with Crippen molar-refractivity contribution in [3.8, 4) is 5.75 Å². The average molecular weight is 219 g/mol. The van der Waals surface area contributed by atoms with Crippen LogP contribution in [-0.2, 0) is 4.79 Å². The summed E-state index contributed by atoms with van der Waals surface area (Å²) in [5, 5.41) is 0. The van der Waals surface area contributed by atoms with E-state index >= 15 is 0 Å². The summed E-state index contributed by atoms with van der Waals surface area (Å²) in [6, 6.07) is 7.70. The van der Waals surface area contributed by atoms with Crippen molar-refractivity contribution in [2.45, 2.75) is 26.9 Å². The van der Waals surface area contributed by atoms with E-state index in [9.17, 15) is 4.79 Å². The Labute approximate surface area is 96.0 Å². The third-order valence-corrected chi connectivity index (χ3v) is 2.68. The van der Waals surface area contributed by atoms with Gasteiger partial charge in [-0.1, -0.05) is 26.0 Å². The summed E-state index contributed by atoms with van der Waals surface area (Å²) in [6.07, 6.45) is 0.0533. The van der Waals surface area contributed by atoms with Crippen LogP contribution >= 0.6 is 0 Å². The molecular weight excluding hydrogens is 202 g/mol. The van der Waals surface area contributed by atoms with Crippen LogP contribution in [0.15, 0.2) is 24.3 Å². The van der Waals surface area contributed by atoms with E-state index in [1.807, 2.05) is 49.9 Å². The number of ether oxygens (including phenoxy) is 1. The fourth-order valence-corrected chi connectivity index (χ4v) is 1.91. The van der Waals surface area contributed by atoms with Gasteiger partial charge >= 0.3 is 0 Å². The molecule has 1 amide bonds. The quantitative estimate of drug-likeness (QED) is 0.726. The van der Waals surface area contributed by atoms with Crippen molar-refractivity contribution in [3.63, 3.8) is 0 Å². The van der Waals surface area contributed by atoms with Crippen LogP contribution in [0.2, 0.25) is 0 Å². The molecule has 1 aliphatic rings. The highest BCUT2D eigenvalue weighted by Gasteiger charge is 2.28. The van der Waals surface area contributed by atoms with Gasteiger partial charge in [-0.05, 0) is 19.1 Å². The van der Waals surface area contributed by atoms with Gasteiger partial charge in [0.05, 0.1) is 12.2 Å². The topological polar surface area (TPSA) is 29.5 Å². The van der Waals surface area contributed by atoms with Crippen molar-refractivity contribution < 1.29 is 9.53 Å². The zero-order valence-corrected chi connectivity index (χ0v) is 9.93. The molecule has 16 heavy (non-hydrogen) atoms. The van der Waals surface area contributed by atoms with E-state index in [2.05, 4.69) is 0 Å². The minimum Gasteiger partial charge on any atom is -0.487 e. The van der Waals surface area contributed by atoms with Crippen LogP contribution in [0.4, 0.5) is 5.69 Å². The Kier molecular flexibility index (Phi) is 2.86. The van der Waals surface area contributed by atoms with Crippen LogP contribution in [0.5, 0.6) is 5.75 Å². The Morgan fingerprint density at radius 1 is 1.44 bits per heavy atom. The number of carbonyl (C=O) groups excluding carboxylic acids is 1. The first-order chi connectivity index (χ1) is 7.59. The maximum Gasteiger partial charge on any atom is 0.229 e. The Bertz CT molecular complexity index is 401. The van der Waals surface area contributed by atoms with Crippen LogP contribution in [0.1, 0.15) is 20.8 Å². The second kappa shape index (κ2) is 4.16. The maximum absolute atomic E-state index is 12.1. The van der Waals surface area contributed by atoms with Gasteiger partial charge in [0.2, 0.25) is 5.91 Å². The Balaban J connectivity index is 2.37. The molecule has 0 saturated heterocycles. The SMILES string of the molecule is CC1CN(C(=O)C(C)C)c2ccccc2O1. The van der Waals surface area contributed by atoms with Crippen molar-refractivity contribution >= 4 is 11.6 Å². The Hall–Kier alpha value is -1.51. The van der Waals surface area contributed by atoms with Crippen molar-refractivity contribution in [1.29, 1.82) is 0 Å². The molecule has 86 valence electrons. The molecule has 3 heteroatoms. The van der Waals surface area contributed by atoms with Crippen LogP contribution in [-0.4, -0.2) is 18.6 Å². The lowest BCUT2D eigenvalue weighted by Crippen LogP contribution is -2.44. The van der Waals surface area contributed by atoms with Gasteiger partial charge in [-0.15, -0.1) is 0 Å². The molecule has 0 N–H and O–H groups in total. The lowest BCUT2D eigenvalue weighted by molar-refractivity contribution is -0.121. The molecule has 1 aromatic rings. The number of amides is 1. The molecule has 0 saturated carbocycles. The van der Waals surface area contributed by atoms with Gasteiger partial charge in [-0.25, -0.2) is 0 Å². The largest absolute Gasteiger partial charge is 0.487 e. The van der Waals surface area contributed by atoms with Gasteiger partial charge in [0.15, 0.2) is 0 Å². The fraction of sp³-hybridized carbons (Fsp3) is 0.462. The van der Waals surface area contributed by atoms with Crippen LogP contribution in [0.3, 0.4) is 0 Å². The van der Waals surface area contributed by atoms with E-state index in [4.69, 9.17) is 4.74 Å². The van der Waals surface area contributed by atoms with E-state index in [-0.39, 0.29) is 17.9 Å². The zero-order valence-electron chi connectivity index (χ0n) is 9.93. The summed E-state index contributed by atoms with van der Waals surface area (Å²) in [4.78, 5) is 13.9. The molecule has 0 aliphatic carbocycles. The van der Waals surface area contributed by atoms with E-state index < -0.39 is 0 Å². The molecule has 3 nitrogen and oxygen atoms in total. The van der Waals surface area contributed by atoms with Crippen LogP contribution < -0.4 is 9.64 Å². The first kappa shape index (κ1) is 11.0. The van der Waals surface area contributed by atoms with Crippen molar-refractivity contribution in [2.24, 2.45) is 5.92 Å². The van der Waals surface area contributed by atoms with E-state index in [1.54, 1.807) is 0 Å². The highest BCUT2D eigenvalue weighted by Crippen LogP contribution is 2.33. The molecule has 1 unspecified atom stereocenters. The Morgan fingerprint density at radius 3 is 2.81 bits per heavy atom. The van der Waals surface area contributed by atoms with Crippen LogP contribution in [0, 0.1) is 5.92 Å². The molecule has 1 aromatic carbocycles. The van der Waals surface area contributed by atoms with Gasteiger partial charge in [-0.2, -0.15) is 0 Å². The number of para-hydroxylation sites is 2. The molecule has 0 aromatic heterocycles. The zero-order chi connectivity index (χ0) is 11.7. The number of carbonyl (C=O) groups is 1. The van der Waals surface area contributed by atoms with Crippen molar-refractivity contribution in [3.05, 3.63) is 24.3 Å². The summed E-state index contributed by atoms with van der Waals surface area (Å²) in [6.45, 7) is 6.46. The highest BCUT2D eigenvalue weighted by atomic mass is 16.5. The predicted octanol–water partition coefficient (Wildman–Crippen LogP) is 2.46. The first-order valence-electron chi connectivity index (χ1n) is 5.66. The second-order valence-electron chi connectivity index (χ2n) is 4.50. The van der Waals surface area contributed by atoms with Crippen molar-refractivity contribution in [2.75, 3.05) is 11.4 Å². The first-order valence-corrected chi connectivity index (χ1v) is 5.66. The molecule has 1 heterocycles. The fourth-order valence-electron chi connectivity index (χ4n) is 1.91. The average Bonchev–Trinajstić information content (AvgIpc) is 2.26. The van der Waals surface area contributed by atoms with Crippen LogP contribution in [0.25, 0.3) is 0 Å². The molecule has 0 bridgehead atoms. The maximum atomic E-state index is 12.1. The summed E-state index contributed by atoms with van der Waals surface area (Å²) in [5.74, 6) is 0.969. The number of rotatable bonds is 1. The molecule has 2 rings (SSSR count). The molecule has 0 fully saturated rings. The summed E-state index contributed by atoms with van der Waals surface area (Å²) in [7, 11) is 0. The van der Waals surface area contributed by atoms with E-state index in [0.717, 1.165) is 11.4 Å². The number of nitrogens with zero attached hydrogens (tertiary/aromatic N) is 1. The molecule has 1 aliphatic heterocycles.